The van der Waals surface area contributed by atoms with E-state index in [0.717, 1.165) is 0 Å². The minimum Gasteiger partial charge on any atom is -0.489 e. The van der Waals surface area contributed by atoms with Gasteiger partial charge in [-0.1, -0.05) is 11.6 Å². The fourth-order valence-electron chi connectivity index (χ4n) is 2.20. The van der Waals surface area contributed by atoms with E-state index in [1.165, 1.54) is 16.4 Å². The van der Waals surface area contributed by atoms with Crippen LogP contribution >= 0.6 is 11.6 Å². The van der Waals surface area contributed by atoms with Crippen molar-refractivity contribution < 1.29 is 22.6 Å². The summed E-state index contributed by atoms with van der Waals surface area (Å²) in [6.07, 6.45) is 0.0369. The van der Waals surface area contributed by atoms with E-state index in [1.54, 1.807) is 0 Å². The minimum absolute atomic E-state index is 0.00329. The average molecular weight is 374 g/mol. The van der Waals surface area contributed by atoms with Crippen molar-refractivity contribution in [3.63, 3.8) is 0 Å². The van der Waals surface area contributed by atoms with Crippen molar-refractivity contribution in [2.75, 3.05) is 44.2 Å². The van der Waals surface area contributed by atoms with Crippen molar-refractivity contribution in [2.24, 2.45) is 0 Å². The molecule has 0 radical (unpaired) electrons. The zero-order chi connectivity index (χ0) is 17.2. The number of morpholine rings is 1. The number of epoxide rings is 1. The lowest BCUT2D eigenvalue weighted by molar-refractivity contribution is 0.0733. The number of nitriles is 1. The van der Waals surface area contributed by atoms with Gasteiger partial charge in [-0.25, -0.2) is 0 Å². The summed E-state index contributed by atoms with van der Waals surface area (Å²) in [5.74, 6) is 0.298. The zero-order valence-corrected chi connectivity index (χ0v) is 14.3. The van der Waals surface area contributed by atoms with Crippen molar-refractivity contribution >= 4 is 27.5 Å². The Morgan fingerprint density at radius 2 is 2.12 bits per heavy atom. The molecule has 1 unspecified atom stereocenters. The van der Waals surface area contributed by atoms with Crippen molar-refractivity contribution in [2.45, 2.75) is 6.10 Å². The smallest absolute Gasteiger partial charge is 0.301 e. The molecule has 8 nitrogen and oxygen atoms in total. The molecule has 24 heavy (non-hydrogen) atoms. The Labute approximate surface area is 145 Å². The van der Waals surface area contributed by atoms with Crippen LogP contribution in [0.2, 0.25) is 5.02 Å². The van der Waals surface area contributed by atoms with Crippen LogP contribution in [0.3, 0.4) is 0 Å². The van der Waals surface area contributed by atoms with Crippen LogP contribution in [0.25, 0.3) is 0 Å². The first kappa shape index (κ1) is 17.3. The summed E-state index contributed by atoms with van der Waals surface area (Å²) in [7, 11) is -3.76. The van der Waals surface area contributed by atoms with Crippen molar-refractivity contribution in [3.8, 4) is 11.8 Å². The van der Waals surface area contributed by atoms with Crippen LogP contribution in [-0.4, -0.2) is 58.3 Å². The first-order valence-electron chi connectivity index (χ1n) is 7.34. The minimum atomic E-state index is -3.76. The number of nitrogens with one attached hydrogen (secondary N) is 1. The van der Waals surface area contributed by atoms with Crippen LogP contribution < -0.4 is 9.46 Å². The highest BCUT2D eigenvalue weighted by atomic mass is 35.5. The molecule has 0 bridgehead atoms. The summed E-state index contributed by atoms with van der Waals surface area (Å²) < 4.78 is 44.1. The van der Waals surface area contributed by atoms with Crippen LogP contribution in [0.4, 0.5) is 5.69 Å². The number of hydrogen-bond acceptors (Lipinski definition) is 6. The molecule has 2 aliphatic rings. The van der Waals surface area contributed by atoms with Gasteiger partial charge in [-0.15, -0.1) is 0 Å². The Morgan fingerprint density at radius 3 is 2.75 bits per heavy atom. The summed E-state index contributed by atoms with van der Waals surface area (Å²) in [6.45, 7) is 2.17. The number of rotatable bonds is 6. The maximum atomic E-state index is 12.4. The molecule has 1 atom stereocenters. The van der Waals surface area contributed by atoms with E-state index in [1.807, 2.05) is 6.07 Å². The van der Waals surface area contributed by atoms with Gasteiger partial charge in [0.2, 0.25) is 0 Å². The van der Waals surface area contributed by atoms with Gasteiger partial charge in [0.1, 0.15) is 30.1 Å². The van der Waals surface area contributed by atoms with Gasteiger partial charge in [0.05, 0.1) is 30.5 Å². The van der Waals surface area contributed by atoms with Crippen LogP contribution in [0, 0.1) is 11.3 Å². The van der Waals surface area contributed by atoms with E-state index in [9.17, 15) is 13.7 Å². The van der Waals surface area contributed by atoms with Gasteiger partial charge in [0, 0.05) is 13.1 Å². The van der Waals surface area contributed by atoms with Crippen molar-refractivity contribution in [1.82, 2.24) is 4.31 Å². The molecule has 0 aliphatic carbocycles. The average Bonchev–Trinajstić information content (AvgIpc) is 3.40. The Balaban J connectivity index is 1.78. The van der Waals surface area contributed by atoms with Crippen molar-refractivity contribution in [1.29, 1.82) is 5.26 Å². The molecule has 2 aliphatic heterocycles. The van der Waals surface area contributed by atoms with Gasteiger partial charge in [0.25, 0.3) is 0 Å². The molecule has 0 spiro atoms. The van der Waals surface area contributed by atoms with Gasteiger partial charge in [0.15, 0.2) is 0 Å². The predicted octanol–water partition coefficient (Wildman–Crippen LogP) is 0.978. The molecule has 2 heterocycles. The lowest BCUT2D eigenvalue weighted by Crippen LogP contribution is -2.43. The van der Waals surface area contributed by atoms with E-state index in [2.05, 4.69) is 4.72 Å². The Morgan fingerprint density at radius 1 is 1.42 bits per heavy atom. The summed E-state index contributed by atoms with van der Waals surface area (Å²) in [4.78, 5) is 0. The highest BCUT2D eigenvalue weighted by molar-refractivity contribution is 7.90. The Bertz CT molecular complexity index is 754. The summed E-state index contributed by atoms with van der Waals surface area (Å²) >= 11 is 6.19. The number of nitrogens with zero attached hydrogens (tertiary/aromatic N) is 2. The quantitative estimate of drug-likeness (QED) is 0.745. The number of anilines is 1. The van der Waals surface area contributed by atoms with Gasteiger partial charge in [-0.05, 0) is 12.1 Å². The van der Waals surface area contributed by atoms with E-state index in [0.29, 0.717) is 32.2 Å². The summed E-state index contributed by atoms with van der Waals surface area (Å²) in [5, 5.41) is 9.31. The maximum absolute atomic E-state index is 12.4. The third-order valence-electron chi connectivity index (χ3n) is 3.59. The molecule has 130 valence electrons. The number of ether oxygens (including phenoxy) is 3. The van der Waals surface area contributed by atoms with Gasteiger partial charge >= 0.3 is 10.2 Å². The Hall–Kier alpha value is -1.57. The number of hydrogen-bond donors (Lipinski definition) is 1. The van der Waals surface area contributed by atoms with E-state index < -0.39 is 10.2 Å². The third-order valence-corrected chi connectivity index (χ3v) is 5.51. The molecule has 1 N–H and O–H groups in total. The Kier molecular flexibility index (Phi) is 5.12. The maximum Gasteiger partial charge on any atom is 0.301 e. The standard InChI is InChI=1S/C14H16ClN3O5S/c15-14-11(7-16)13(23-9-10-8-22-10)2-1-12(14)17-24(19,20)18-3-5-21-6-4-18/h1-2,10,17H,3-6,8-9H2. The lowest BCUT2D eigenvalue weighted by Gasteiger charge is -2.26. The topological polar surface area (TPSA) is 104 Å². The van der Waals surface area contributed by atoms with E-state index in [-0.39, 0.29) is 35.5 Å². The van der Waals surface area contributed by atoms with E-state index >= 15 is 0 Å². The van der Waals surface area contributed by atoms with Crippen molar-refractivity contribution in [3.05, 3.63) is 22.7 Å². The first-order valence-corrected chi connectivity index (χ1v) is 9.15. The SMILES string of the molecule is N#Cc1c(OCC2CO2)ccc(NS(=O)(=O)N2CCOCC2)c1Cl. The van der Waals surface area contributed by atoms with Crippen LogP contribution in [0.1, 0.15) is 5.56 Å². The van der Waals surface area contributed by atoms with Crippen LogP contribution in [-0.2, 0) is 19.7 Å². The van der Waals surface area contributed by atoms with E-state index in [4.69, 9.17) is 25.8 Å². The third kappa shape index (κ3) is 3.91. The molecule has 10 heteroatoms. The molecule has 0 aromatic heterocycles. The summed E-state index contributed by atoms with van der Waals surface area (Å²) in [5.41, 5.74) is 0.217. The predicted molar refractivity (Wildman–Crippen MR) is 86.3 cm³/mol. The molecule has 1 aromatic rings. The number of benzene rings is 1. The van der Waals surface area contributed by atoms with Crippen LogP contribution in [0.5, 0.6) is 5.75 Å². The normalized spacial score (nSPS) is 21.1. The monoisotopic (exact) mass is 373 g/mol. The van der Waals surface area contributed by atoms with Gasteiger partial charge < -0.3 is 14.2 Å². The molecule has 3 rings (SSSR count). The highest BCUT2D eigenvalue weighted by Crippen LogP contribution is 2.34. The van der Waals surface area contributed by atoms with Gasteiger partial charge in [-0.3, -0.25) is 4.72 Å². The molecule has 2 fully saturated rings. The molecular formula is C14H16ClN3O5S. The zero-order valence-electron chi connectivity index (χ0n) is 12.7. The molecule has 1 aromatic carbocycles. The molecule has 0 amide bonds. The van der Waals surface area contributed by atoms with Crippen LogP contribution in [0.15, 0.2) is 12.1 Å². The fraction of sp³-hybridized carbons (Fsp3) is 0.500. The van der Waals surface area contributed by atoms with Gasteiger partial charge in [-0.2, -0.15) is 18.0 Å². The molecule has 2 saturated heterocycles. The summed E-state index contributed by atoms with van der Waals surface area (Å²) in [6, 6.07) is 4.94. The molecular weight excluding hydrogens is 358 g/mol. The second-order valence-electron chi connectivity index (χ2n) is 5.30. The lowest BCUT2D eigenvalue weighted by atomic mass is 10.2. The number of halogens is 1. The fourth-order valence-corrected chi connectivity index (χ4v) is 3.71. The largest absolute Gasteiger partial charge is 0.489 e. The second-order valence-corrected chi connectivity index (χ2v) is 7.35. The first-order chi connectivity index (χ1) is 11.5. The highest BCUT2D eigenvalue weighted by Gasteiger charge is 2.27. The molecule has 0 saturated carbocycles. The second kappa shape index (κ2) is 7.13.